The zero-order valence-electron chi connectivity index (χ0n) is 64.0. The van der Waals surface area contributed by atoms with E-state index in [-0.39, 0.29) is 41.8 Å². The Morgan fingerprint density at radius 3 is 1.06 bits per heavy atom. The van der Waals surface area contributed by atoms with Crippen molar-refractivity contribution in [1.29, 1.82) is 21.0 Å². The molecule has 0 bridgehead atoms. The van der Waals surface area contributed by atoms with Crippen molar-refractivity contribution < 1.29 is 33.3 Å². The molecule has 109 heavy (non-hydrogen) atoms. The molecule has 4 aliphatic carbocycles. The number of rotatable bonds is 22. The van der Waals surface area contributed by atoms with Crippen LogP contribution in [0.15, 0.2) is 134 Å². The van der Waals surface area contributed by atoms with E-state index in [0.29, 0.717) is 137 Å². The summed E-state index contributed by atoms with van der Waals surface area (Å²) in [5.41, 5.74) is 8.27. The highest BCUT2D eigenvalue weighted by molar-refractivity contribution is 6.33. The van der Waals surface area contributed by atoms with Gasteiger partial charge in [-0.05, 0) is 210 Å². The van der Waals surface area contributed by atoms with Gasteiger partial charge >= 0.3 is 0 Å². The molecule has 4 aliphatic rings. The molecule has 0 atom stereocenters. The largest absolute Gasteiger partial charge is 0.490 e. The Kier molecular flexibility index (Phi) is 31.6. The van der Waals surface area contributed by atoms with E-state index in [0.717, 1.165) is 125 Å². The van der Waals surface area contributed by atoms with Gasteiger partial charge in [-0.2, -0.15) is 21.0 Å². The molecule has 5 aromatic carbocycles. The Labute approximate surface area is 663 Å². The summed E-state index contributed by atoms with van der Waals surface area (Å²) in [4.78, 5) is 55.3. The first kappa shape index (κ1) is 83.9. The lowest BCUT2D eigenvalue weighted by atomic mass is 9.83. The normalized spacial score (nSPS) is 19.5. The molecule has 12 rings (SSSR count). The number of ketones is 3. The van der Waals surface area contributed by atoms with E-state index >= 15 is 0 Å². The second kappa shape index (κ2) is 41.1. The van der Waals surface area contributed by atoms with Crippen molar-refractivity contribution in [3.63, 3.8) is 0 Å². The first-order valence-corrected chi connectivity index (χ1v) is 39.8. The molecule has 16 nitrogen and oxygen atoms in total. The molecular formula is C89H99Cl4N9O7. The molecule has 4 fully saturated rings. The van der Waals surface area contributed by atoms with Crippen molar-refractivity contribution in [2.45, 2.75) is 231 Å². The standard InChI is InChI=1S/C24H26ClNO2.C23H25ClN2O2.C22H24ClN3O2.C20H24ClN3O/c1-16(2)18-5-7-19(8-6-18)24(27)13-17-3-10-21(11-4-17)28-22-12-9-20(15-26)23(25)14-22;1-15(2)22-10-6-18(14-26-22)23(27)11-16-3-7-19(8-4-16)28-20-9-5-17(13-25)21(24)12-20;1-14(2)20-12-26-21(13-25-20)22(27)9-15-3-6-17(7-4-15)28-18-8-5-16(11-24)19(23)10-18;1-13(2)19-12-23-20(24(19)3)14-4-7-16(8-5-14)25-17-9-6-15(11-22)18(21)10-17/h5-9,12,14,16-17,21H,3-4,10-11,13H2,1-2H3;5-6,9-10,12,14-16,19H,3-4,7-8,11H2,1-2H3;5,8,10,12-15,17H,3-4,6-7,9H2,1-2H3;6,9-10,12-14,16H,4-5,7-8H2,1-3H3. The van der Waals surface area contributed by atoms with Crippen molar-refractivity contribution in [2.24, 2.45) is 24.8 Å². The summed E-state index contributed by atoms with van der Waals surface area (Å²) in [5.74, 6) is 7.79. The third-order valence-electron chi connectivity index (χ3n) is 21.1. The van der Waals surface area contributed by atoms with Crippen molar-refractivity contribution >= 4 is 63.8 Å². The maximum Gasteiger partial charge on any atom is 0.183 e. The van der Waals surface area contributed by atoms with E-state index in [2.05, 4.69) is 111 Å². The van der Waals surface area contributed by atoms with Crippen LogP contribution in [0.4, 0.5) is 0 Å². The third kappa shape index (κ3) is 24.7. The number of hydrogen-bond donors (Lipinski definition) is 0. The third-order valence-corrected chi connectivity index (χ3v) is 22.3. The lowest BCUT2D eigenvalue weighted by Crippen LogP contribution is -2.25. The molecule has 0 unspecified atom stereocenters. The Morgan fingerprint density at radius 2 is 0.752 bits per heavy atom. The maximum absolute atomic E-state index is 12.6. The van der Waals surface area contributed by atoms with E-state index in [1.54, 1.807) is 85.3 Å². The number of pyridine rings is 1. The van der Waals surface area contributed by atoms with Crippen LogP contribution in [0.3, 0.4) is 0 Å². The predicted molar refractivity (Wildman–Crippen MR) is 429 cm³/mol. The molecule has 570 valence electrons. The highest BCUT2D eigenvalue weighted by atomic mass is 35.5. The summed E-state index contributed by atoms with van der Waals surface area (Å²) in [7, 11) is 2.12. The molecule has 3 heterocycles. The number of halogens is 4. The van der Waals surface area contributed by atoms with Crippen molar-refractivity contribution in [1.82, 2.24) is 24.5 Å². The van der Waals surface area contributed by atoms with Crippen LogP contribution in [0.25, 0.3) is 0 Å². The van der Waals surface area contributed by atoms with Gasteiger partial charge in [0, 0.05) is 97.6 Å². The van der Waals surface area contributed by atoms with Crippen LogP contribution in [0.5, 0.6) is 23.0 Å². The number of ether oxygens (including phenoxy) is 4. The number of carbonyl (C=O) groups is 3. The fraction of sp³-hybridized carbons (Fsp3) is 0.449. The van der Waals surface area contributed by atoms with E-state index < -0.39 is 0 Å². The fourth-order valence-corrected chi connectivity index (χ4v) is 15.3. The molecule has 0 saturated heterocycles. The van der Waals surface area contributed by atoms with Crippen LogP contribution < -0.4 is 18.9 Å². The van der Waals surface area contributed by atoms with Gasteiger partial charge in [0.1, 0.15) is 58.8 Å². The van der Waals surface area contributed by atoms with Gasteiger partial charge in [0.2, 0.25) is 0 Å². The summed E-state index contributed by atoms with van der Waals surface area (Å²) < 4.78 is 26.4. The molecule has 20 heteroatoms. The average Bonchev–Trinajstić information content (AvgIpc) is 1.69. The number of hydrogen-bond acceptors (Lipinski definition) is 15. The van der Waals surface area contributed by atoms with E-state index in [4.69, 9.17) is 86.4 Å². The van der Waals surface area contributed by atoms with Crippen LogP contribution in [0.2, 0.25) is 20.1 Å². The molecule has 0 aliphatic heterocycles. The zero-order valence-corrected chi connectivity index (χ0v) is 67.0. The number of carbonyl (C=O) groups excluding carboxylic acids is 3. The van der Waals surface area contributed by atoms with E-state index in [9.17, 15) is 14.4 Å². The second-order valence-corrected chi connectivity index (χ2v) is 32.0. The predicted octanol–water partition coefficient (Wildman–Crippen LogP) is 23.0. The molecule has 8 aromatic rings. The minimum atomic E-state index is 0.0612. The molecule has 0 amide bonds. The summed E-state index contributed by atoms with van der Waals surface area (Å²) in [6.07, 6.45) is 24.8. The van der Waals surface area contributed by atoms with Gasteiger partial charge in [-0.25, -0.2) is 9.97 Å². The van der Waals surface area contributed by atoms with E-state index in [1.807, 2.05) is 48.7 Å². The minimum absolute atomic E-state index is 0.0612. The minimum Gasteiger partial charge on any atom is -0.490 e. The van der Waals surface area contributed by atoms with Gasteiger partial charge in [-0.1, -0.05) is 126 Å². The molecule has 0 radical (unpaired) electrons. The summed E-state index contributed by atoms with van der Waals surface area (Å²) in [6, 6.07) is 40.9. The molecular weight excluding hydrogens is 1450 g/mol. The number of benzene rings is 5. The highest BCUT2D eigenvalue weighted by Crippen LogP contribution is 2.39. The van der Waals surface area contributed by atoms with Crippen molar-refractivity contribution in [2.75, 3.05) is 0 Å². The number of aromatic nitrogens is 5. The summed E-state index contributed by atoms with van der Waals surface area (Å²) >= 11 is 24.3. The van der Waals surface area contributed by atoms with Gasteiger partial charge in [-0.3, -0.25) is 24.4 Å². The number of Topliss-reactive ketones (excluding diaryl/α,β-unsaturated/α-hetero) is 3. The first-order chi connectivity index (χ1) is 52.4. The summed E-state index contributed by atoms with van der Waals surface area (Å²) in [6.45, 7) is 17.0. The first-order valence-electron chi connectivity index (χ1n) is 38.3. The highest BCUT2D eigenvalue weighted by Gasteiger charge is 2.31. The Morgan fingerprint density at radius 1 is 0.394 bits per heavy atom. The number of imidazole rings is 1. The molecule has 0 N–H and O–H groups in total. The lowest BCUT2D eigenvalue weighted by molar-refractivity contribution is 0.0893. The van der Waals surface area contributed by atoms with Gasteiger partial charge in [0.15, 0.2) is 17.3 Å². The van der Waals surface area contributed by atoms with Crippen LogP contribution in [0, 0.1) is 63.1 Å². The van der Waals surface area contributed by atoms with Gasteiger partial charge in [-0.15, -0.1) is 0 Å². The topological polar surface area (TPSA) is 240 Å². The fourth-order valence-electron chi connectivity index (χ4n) is 14.4. The number of nitrogens with zero attached hydrogens (tertiary/aromatic N) is 9. The number of nitriles is 4. The van der Waals surface area contributed by atoms with E-state index in [1.165, 1.54) is 17.1 Å². The van der Waals surface area contributed by atoms with Crippen molar-refractivity contribution in [3.05, 3.63) is 222 Å². The maximum atomic E-state index is 12.6. The lowest BCUT2D eigenvalue weighted by Gasteiger charge is -2.29. The van der Waals surface area contributed by atoms with Crippen LogP contribution in [-0.2, 0) is 7.05 Å². The quantitative estimate of drug-likeness (QED) is 0.0573. The Balaban J connectivity index is 0.000000168. The SMILES string of the molecule is CC(C)c1ccc(C(=O)CC2CCC(Oc3ccc(C#N)c(Cl)c3)CC2)cc1.CC(C)c1ccc(C(=O)CC2CCC(Oc3ccc(C#N)c(Cl)c3)CC2)cn1.CC(C)c1cnc(C(=O)CC2CCC(Oc3ccc(C#N)c(Cl)c3)CC2)cn1.CC(C)c1cnc(C2CCC(Oc3ccc(C#N)c(Cl)c3)CC2)n1C. The molecule has 3 aromatic heterocycles. The van der Waals surface area contributed by atoms with Gasteiger partial charge in [0.05, 0.1) is 78.7 Å². The van der Waals surface area contributed by atoms with Crippen LogP contribution in [0.1, 0.15) is 289 Å². The van der Waals surface area contributed by atoms with Crippen LogP contribution >= 0.6 is 46.4 Å². The van der Waals surface area contributed by atoms with Gasteiger partial charge in [0.25, 0.3) is 0 Å². The second-order valence-electron chi connectivity index (χ2n) is 30.4. The Bertz CT molecular complexity index is 4170. The summed E-state index contributed by atoms with van der Waals surface area (Å²) in [5, 5.41) is 37.5. The Hall–Kier alpha value is -9.13. The molecule has 0 spiro atoms. The zero-order chi connectivity index (χ0) is 78.3. The van der Waals surface area contributed by atoms with Crippen molar-refractivity contribution in [3.8, 4) is 47.3 Å². The van der Waals surface area contributed by atoms with Gasteiger partial charge < -0.3 is 23.5 Å². The molecule has 4 saturated carbocycles. The van der Waals surface area contributed by atoms with Crippen LogP contribution in [-0.4, -0.2) is 66.3 Å². The monoisotopic (exact) mass is 1550 g/mol. The smallest absolute Gasteiger partial charge is 0.183 e. The average molecular weight is 1550 g/mol.